The number of carbonyl (C=O) groups excluding carboxylic acids is 1. The number of amides is 1. The molecule has 0 atom stereocenters. The van der Waals surface area contributed by atoms with E-state index in [4.69, 9.17) is 11.6 Å². The molecule has 1 amide bonds. The van der Waals surface area contributed by atoms with Crippen LogP contribution in [0.15, 0.2) is 24.3 Å². The van der Waals surface area contributed by atoms with Crippen LogP contribution in [0.3, 0.4) is 0 Å². The number of thioether (sulfide) groups is 1. The summed E-state index contributed by atoms with van der Waals surface area (Å²) in [5.41, 5.74) is 1.33. The van der Waals surface area contributed by atoms with E-state index < -0.39 is 0 Å². The summed E-state index contributed by atoms with van der Waals surface area (Å²) in [7, 11) is 0. The summed E-state index contributed by atoms with van der Waals surface area (Å²) in [6.45, 7) is 0. The molecule has 4 aliphatic carbocycles. The van der Waals surface area contributed by atoms with Crippen molar-refractivity contribution in [3.05, 3.63) is 34.9 Å². The van der Waals surface area contributed by atoms with Gasteiger partial charge < -0.3 is 5.32 Å². The molecule has 1 aromatic carbocycles. The molecule has 2 nitrogen and oxygen atoms in total. The number of benzene rings is 1. The number of hydrogen-bond acceptors (Lipinski definition) is 2. The summed E-state index contributed by atoms with van der Waals surface area (Å²) in [5, 5.41) is 4.20. The van der Waals surface area contributed by atoms with Gasteiger partial charge in [-0.3, -0.25) is 4.79 Å². The molecule has 0 heterocycles. The van der Waals surface area contributed by atoms with E-state index >= 15 is 0 Å². The van der Waals surface area contributed by atoms with E-state index in [1.807, 2.05) is 18.2 Å². The van der Waals surface area contributed by atoms with Gasteiger partial charge in [-0.15, -0.1) is 11.8 Å². The lowest BCUT2D eigenvalue weighted by molar-refractivity contribution is -0.124. The second-order valence-corrected chi connectivity index (χ2v) is 9.29. The van der Waals surface area contributed by atoms with E-state index in [2.05, 4.69) is 11.4 Å². The van der Waals surface area contributed by atoms with Crippen molar-refractivity contribution in [1.82, 2.24) is 5.32 Å². The summed E-state index contributed by atoms with van der Waals surface area (Å²) in [6, 6.07) is 7.89. The van der Waals surface area contributed by atoms with E-state index in [0.29, 0.717) is 5.75 Å². The van der Waals surface area contributed by atoms with Gasteiger partial charge in [0.1, 0.15) is 0 Å². The Labute approximate surface area is 147 Å². The average Bonchev–Trinajstić information content (AvgIpc) is 2.45. The highest BCUT2D eigenvalue weighted by molar-refractivity contribution is 7.99. The normalized spacial score (nSPS) is 34.6. The SMILES string of the molecule is O=C(CSCc1cccc(Cl)c1)NC12CC3CC(CC(C3)C1)C2. The first-order chi connectivity index (χ1) is 11.1. The molecule has 4 heteroatoms. The van der Waals surface area contributed by atoms with Crippen molar-refractivity contribution in [3.8, 4) is 0 Å². The van der Waals surface area contributed by atoms with E-state index in [-0.39, 0.29) is 11.4 Å². The minimum absolute atomic E-state index is 0.141. The summed E-state index contributed by atoms with van der Waals surface area (Å²) in [4.78, 5) is 12.4. The van der Waals surface area contributed by atoms with Crippen LogP contribution in [0, 0.1) is 17.8 Å². The van der Waals surface area contributed by atoms with Crippen molar-refractivity contribution < 1.29 is 4.79 Å². The third-order valence-corrected chi connectivity index (χ3v) is 7.07. The lowest BCUT2D eigenvalue weighted by Crippen LogP contribution is -2.60. The van der Waals surface area contributed by atoms with Crippen LogP contribution in [-0.2, 0) is 10.5 Å². The summed E-state index contributed by atoms with van der Waals surface area (Å²) in [5.74, 6) is 4.24. The van der Waals surface area contributed by atoms with Crippen LogP contribution in [0.25, 0.3) is 0 Å². The molecule has 1 N–H and O–H groups in total. The van der Waals surface area contributed by atoms with Gasteiger partial charge in [0.15, 0.2) is 0 Å². The number of hydrogen-bond donors (Lipinski definition) is 1. The summed E-state index contributed by atoms with van der Waals surface area (Å²) in [6.07, 6.45) is 7.92. The second kappa shape index (κ2) is 6.33. The maximum absolute atomic E-state index is 12.4. The first-order valence-corrected chi connectivity index (χ1v) is 10.3. The van der Waals surface area contributed by atoms with Crippen LogP contribution in [-0.4, -0.2) is 17.2 Å². The fraction of sp³-hybridized carbons (Fsp3) is 0.632. The molecule has 0 saturated heterocycles. The van der Waals surface area contributed by atoms with Gasteiger partial charge in [0.2, 0.25) is 5.91 Å². The van der Waals surface area contributed by atoms with Crippen molar-refractivity contribution in [1.29, 1.82) is 0 Å². The van der Waals surface area contributed by atoms with Crippen LogP contribution in [0.5, 0.6) is 0 Å². The molecule has 1 aromatic rings. The van der Waals surface area contributed by atoms with E-state index in [9.17, 15) is 4.79 Å². The molecular formula is C19H24ClNOS. The number of carbonyl (C=O) groups is 1. The van der Waals surface area contributed by atoms with E-state index in [0.717, 1.165) is 28.5 Å². The van der Waals surface area contributed by atoms with Gasteiger partial charge >= 0.3 is 0 Å². The van der Waals surface area contributed by atoms with Gasteiger partial charge in [0, 0.05) is 16.3 Å². The molecular weight excluding hydrogens is 326 g/mol. The van der Waals surface area contributed by atoms with Crippen LogP contribution in [0.2, 0.25) is 5.02 Å². The smallest absolute Gasteiger partial charge is 0.230 e. The fourth-order valence-electron chi connectivity index (χ4n) is 5.48. The van der Waals surface area contributed by atoms with Gasteiger partial charge in [-0.1, -0.05) is 23.7 Å². The zero-order chi connectivity index (χ0) is 15.9. The maximum Gasteiger partial charge on any atom is 0.230 e. The topological polar surface area (TPSA) is 29.1 Å². The molecule has 4 aliphatic rings. The monoisotopic (exact) mass is 349 g/mol. The number of nitrogens with one attached hydrogen (secondary N) is 1. The Hall–Kier alpha value is -0.670. The molecule has 0 spiro atoms. The Balaban J connectivity index is 1.29. The summed E-state index contributed by atoms with van der Waals surface area (Å²) >= 11 is 7.68. The van der Waals surface area contributed by atoms with Crippen LogP contribution >= 0.6 is 23.4 Å². The fourth-order valence-corrected chi connectivity index (χ4v) is 6.47. The Morgan fingerprint density at radius 2 is 1.83 bits per heavy atom. The largest absolute Gasteiger partial charge is 0.350 e. The minimum atomic E-state index is 0.141. The van der Waals surface area contributed by atoms with Gasteiger partial charge in [-0.05, 0) is 74.0 Å². The van der Waals surface area contributed by atoms with Crippen LogP contribution in [0.1, 0.15) is 44.1 Å². The molecule has 0 aliphatic heterocycles. The molecule has 4 fully saturated rings. The molecule has 124 valence electrons. The lowest BCUT2D eigenvalue weighted by Gasteiger charge is -2.56. The Morgan fingerprint density at radius 3 is 2.43 bits per heavy atom. The first-order valence-electron chi connectivity index (χ1n) is 8.73. The maximum atomic E-state index is 12.4. The highest BCUT2D eigenvalue weighted by atomic mass is 35.5. The van der Waals surface area contributed by atoms with Crippen molar-refractivity contribution in [3.63, 3.8) is 0 Å². The highest BCUT2D eigenvalue weighted by Gasteiger charge is 2.51. The minimum Gasteiger partial charge on any atom is -0.350 e. The third-order valence-electron chi connectivity index (χ3n) is 5.83. The Kier molecular flexibility index (Phi) is 4.36. The van der Waals surface area contributed by atoms with Crippen molar-refractivity contribution in [2.75, 3.05) is 5.75 Å². The second-order valence-electron chi connectivity index (χ2n) is 7.87. The highest BCUT2D eigenvalue weighted by Crippen LogP contribution is 2.55. The lowest BCUT2D eigenvalue weighted by atomic mass is 9.53. The van der Waals surface area contributed by atoms with Crippen molar-refractivity contribution in [2.45, 2.75) is 49.8 Å². The van der Waals surface area contributed by atoms with Gasteiger partial charge in [0.05, 0.1) is 5.75 Å². The number of halogens is 1. The molecule has 0 radical (unpaired) electrons. The standard InChI is InChI=1S/C19H24ClNOS/c20-17-3-1-2-13(7-17)11-23-12-18(22)21-19-8-14-4-15(9-19)6-16(5-14)10-19/h1-3,7,14-16H,4-6,8-12H2,(H,21,22). The predicted octanol–water partition coefficient (Wildman–Crippen LogP) is 4.66. The number of rotatable bonds is 5. The molecule has 23 heavy (non-hydrogen) atoms. The zero-order valence-corrected chi connectivity index (χ0v) is 15.0. The van der Waals surface area contributed by atoms with Crippen LogP contribution in [0.4, 0.5) is 0 Å². The predicted molar refractivity (Wildman–Crippen MR) is 96.7 cm³/mol. The molecule has 4 bridgehead atoms. The van der Waals surface area contributed by atoms with E-state index in [1.54, 1.807) is 11.8 Å². The average molecular weight is 350 g/mol. The molecule has 0 unspecified atom stereocenters. The summed E-state index contributed by atoms with van der Waals surface area (Å²) < 4.78 is 0. The van der Waals surface area contributed by atoms with Crippen molar-refractivity contribution >= 4 is 29.3 Å². The Bertz CT molecular complexity index is 568. The molecule has 0 aromatic heterocycles. The Morgan fingerprint density at radius 1 is 1.17 bits per heavy atom. The molecule has 5 rings (SSSR count). The van der Waals surface area contributed by atoms with Gasteiger partial charge in [-0.2, -0.15) is 0 Å². The van der Waals surface area contributed by atoms with Crippen LogP contribution < -0.4 is 5.32 Å². The van der Waals surface area contributed by atoms with Gasteiger partial charge in [-0.25, -0.2) is 0 Å². The van der Waals surface area contributed by atoms with Crippen molar-refractivity contribution in [2.24, 2.45) is 17.8 Å². The molecule has 4 saturated carbocycles. The van der Waals surface area contributed by atoms with Gasteiger partial charge in [0.25, 0.3) is 0 Å². The third kappa shape index (κ3) is 3.56. The van der Waals surface area contributed by atoms with E-state index in [1.165, 1.54) is 44.1 Å². The first kappa shape index (κ1) is 15.8. The zero-order valence-electron chi connectivity index (χ0n) is 13.4. The quantitative estimate of drug-likeness (QED) is 0.837.